The molecule has 1 aliphatic rings. The average Bonchev–Trinajstić information content (AvgIpc) is 2.64. The van der Waals surface area contributed by atoms with Crippen LogP contribution in [0.3, 0.4) is 0 Å². The fraction of sp³-hybridized carbons (Fsp3) is 0.462. The maximum Gasteiger partial charge on any atom is 0.220 e. The quantitative estimate of drug-likeness (QED) is 0.707. The van der Waals surface area contributed by atoms with Crippen molar-refractivity contribution in [3.8, 4) is 0 Å². The summed E-state index contributed by atoms with van der Waals surface area (Å²) in [6, 6.07) is 7.74. The highest BCUT2D eigenvalue weighted by molar-refractivity contribution is 5.76. The summed E-state index contributed by atoms with van der Waals surface area (Å²) in [7, 11) is 0. The van der Waals surface area contributed by atoms with Crippen LogP contribution < -0.4 is 5.32 Å². The third-order valence-electron chi connectivity index (χ3n) is 3.18. The van der Waals surface area contributed by atoms with Crippen LogP contribution in [0.2, 0.25) is 0 Å². The summed E-state index contributed by atoms with van der Waals surface area (Å²) in [5.74, 6) is -0.165. The Labute approximate surface area is 100 Å². The Kier molecular flexibility index (Phi) is 3.76. The standard InChI is InChI=1S/C13H17NO3/c15-6-5-14-12(16)8-10-7-9-3-1-2-4-11(9)13(10)17/h1-4,10,13,15,17H,5-8H2,(H,14,16). The van der Waals surface area contributed by atoms with E-state index in [1.807, 2.05) is 24.3 Å². The second kappa shape index (κ2) is 5.29. The third kappa shape index (κ3) is 2.65. The summed E-state index contributed by atoms with van der Waals surface area (Å²) < 4.78 is 0. The van der Waals surface area contributed by atoms with Gasteiger partial charge in [-0.3, -0.25) is 4.79 Å². The molecule has 4 nitrogen and oxygen atoms in total. The van der Waals surface area contributed by atoms with E-state index in [1.165, 1.54) is 0 Å². The van der Waals surface area contributed by atoms with Crippen molar-refractivity contribution in [3.05, 3.63) is 35.4 Å². The van der Waals surface area contributed by atoms with Crippen molar-refractivity contribution in [3.63, 3.8) is 0 Å². The predicted octanol–water partition coefficient (Wildman–Crippen LogP) is 0.391. The van der Waals surface area contributed by atoms with Gasteiger partial charge in [0.25, 0.3) is 0 Å². The molecule has 0 saturated carbocycles. The summed E-state index contributed by atoms with van der Waals surface area (Å²) in [4.78, 5) is 11.5. The highest BCUT2D eigenvalue weighted by atomic mass is 16.3. The number of carbonyl (C=O) groups is 1. The van der Waals surface area contributed by atoms with E-state index in [0.29, 0.717) is 6.42 Å². The molecule has 0 aromatic heterocycles. The summed E-state index contributed by atoms with van der Waals surface area (Å²) in [5.41, 5.74) is 2.06. The number of hydrogen-bond acceptors (Lipinski definition) is 3. The van der Waals surface area contributed by atoms with E-state index in [2.05, 4.69) is 5.32 Å². The van der Waals surface area contributed by atoms with E-state index >= 15 is 0 Å². The molecule has 1 aromatic rings. The van der Waals surface area contributed by atoms with Gasteiger partial charge in [0, 0.05) is 18.9 Å². The molecular weight excluding hydrogens is 218 g/mol. The van der Waals surface area contributed by atoms with Crippen LogP contribution in [0.4, 0.5) is 0 Å². The van der Waals surface area contributed by atoms with Crippen LogP contribution in [0.5, 0.6) is 0 Å². The first kappa shape index (κ1) is 12.1. The summed E-state index contributed by atoms with van der Waals surface area (Å²) in [5, 5.41) is 21.3. The molecule has 0 aliphatic heterocycles. The van der Waals surface area contributed by atoms with Crippen molar-refractivity contribution >= 4 is 5.91 Å². The molecule has 0 fully saturated rings. The molecule has 0 heterocycles. The largest absolute Gasteiger partial charge is 0.395 e. The minimum absolute atomic E-state index is 0.0499. The molecule has 3 N–H and O–H groups in total. The molecule has 0 spiro atoms. The Hall–Kier alpha value is -1.39. The first-order valence-corrected chi connectivity index (χ1v) is 5.86. The normalized spacial score (nSPS) is 22.2. The number of aliphatic hydroxyl groups is 2. The first-order chi connectivity index (χ1) is 8.22. The summed E-state index contributed by atoms with van der Waals surface area (Å²) in [6.07, 6.45) is 0.491. The van der Waals surface area contributed by atoms with Crippen molar-refractivity contribution in [2.24, 2.45) is 5.92 Å². The van der Waals surface area contributed by atoms with Gasteiger partial charge in [0.05, 0.1) is 12.7 Å². The number of rotatable bonds is 4. The van der Waals surface area contributed by atoms with Crippen LogP contribution >= 0.6 is 0 Å². The van der Waals surface area contributed by atoms with E-state index in [-0.39, 0.29) is 25.0 Å². The molecule has 2 rings (SSSR count). The molecule has 17 heavy (non-hydrogen) atoms. The minimum atomic E-state index is -0.550. The Balaban J connectivity index is 1.96. The van der Waals surface area contributed by atoms with Crippen molar-refractivity contribution in [1.82, 2.24) is 5.32 Å². The molecule has 2 atom stereocenters. The average molecular weight is 235 g/mol. The Morgan fingerprint density at radius 3 is 2.88 bits per heavy atom. The van der Waals surface area contributed by atoms with Crippen molar-refractivity contribution in [1.29, 1.82) is 0 Å². The molecule has 4 heteroatoms. The van der Waals surface area contributed by atoms with Gasteiger partial charge in [0.1, 0.15) is 0 Å². The van der Waals surface area contributed by atoms with Crippen molar-refractivity contribution < 1.29 is 15.0 Å². The van der Waals surface area contributed by atoms with Gasteiger partial charge < -0.3 is 15.5 Å². The monoisotopic (exact) mass is 235 g/mol. The van der Waals surface area contributed by atoms with Gasteiger partial charge in [-0.05, 0) is 17.5 Å². The zero-order valence-corrected chi connectivity index (χ0v) is 9.60. The molecule has 0 radical (unpaired) electrons. The Morgan fingerprint density at radius 2 is 2.18 bits per heavy atom. The van der Waals surface area contributed by atoms with Gasteiger partial charge in [-0.1, -0.05) is 24.3 Å². The SMILES string of the molecule is O=C(CC1Cc2ccccc2C1O)NCCO. The lowest BCUT2D eigenvalue weighted by Crippen LogP contribution is -2.29. The number of carbonyl (C=O) groups excluding carboxylic acids is 1. The molecule has 1 aliphatic carbocycles. The van der Waals surface area contributed by atoms with Crippen molar-refractivity contribution in [2.75, 3.05) is 13.2 Å². The van der Waals surface area contributed by atoms with E-state index in [0.717, 1.165) is 17.5 Å². The highest BCUT2D eigenvalue weighted by Crippen LogP contribution is 2.37. The lowest BCUT2D eigenvalue weighted by molar-refractivity contribution is -0.123. The van der Waals surface area contributed by atoms with E-state index in [9.17, 15) is 9.90 Å². The van der Waals surface area contributed by atoms with Crippen LogP contribution in [0.15, 0.2) is 24.3 Å². The molecule has 1 aromatic carbocycles. The van der Waals surface area contributed by atoms with E-state index < -0.39 is 6.10 Å². The number of nitrogens with one attached hydrogen (secondary N) is 1. The zero-order valence-electron chi connectivity index (χ0n) is 9.60. The van der Waals surface area contributed by atoms with Gasteiger partial charge in [0.15, 0.2) is 0 Å². The fourth-order valence-electron chi connectivity index (χ4n) is 2.35. The first-order valence-electron chi connectivity index (χ1n) is 5.86. The topological polar surface area (TPSA) is 69.6 Å². The minimum Gasteiger partial charge on any atom is -0.395 e. The van der Waals surface area contributed by atoms with Crippen LogP contribution in [-0.2, 0) is 11.2 Å². The molecule has 0 saturated heterocycles. The lowest BCUT2D eigenvalue weighted by atomic mass is 9.99. The number of fused-ring (bicyclic) bond motifs is 1. The number of aliphatic hydroxyl groups excluding tert-OH is 2. The van der Waals surface area contributed by atoms with Crippen LogP contribution in [0.1, 0.15) is 23.7 Å². The molecular formula is C13H17NO3. The van der Waals surface area contributed by atoms with Crippen LogP contribution in [0.25, 0.3) is 0 Å². The summed E-state index contributed by atoms with van der Waals surface area (Å²) >= 11 is 0. The molecule has 0 bridgehead atoms. The van der Waals surface area contributed by atoms with Gasteiger partial charge in [0.2, 0.25) is 5.91 Å². The van der Waals surface area contributed by atoms with Gasteiger partial charge in [-0.25, -0.2) is 0 Å². The third-order valence-corrected chi connectivity index (χ3v) is 3.18. The van der Waals surface area contributed by atoms with Gasteiger partial charge in [-0.2, -0.15) is 0 Å². The van der Waals surface area contributed by atoms with Crippen LogP contribution in [0, 0.1) is 5.92 Å². The second-order valence-electron chi connectivity index (χ2n) is 4.39. The van der Waals surface area contributed by atoms with E-state index in [1.54, 1.807) is 0 Å². The van der Waals surface area contributed by atoms with Gasteiger partial charge >= 0.3 is 0 Å². The molecule has 2 unspecified atom stereocenters. The Morgan fingerprint density at radius 1 is 1.41 bits per heavy atom. The fourth-order valence-corrected chi connectivity index (χ4v) is 2.35. The molecule has 92 valence electrons. The Bertz CT molecular complexity index is 405. The number of benzene rings is 1. The number of amides is 1. The van der Waals surface area contributed by atoms with Gasteiger partial charge in [-0.15, -0.1) is 0 Å². The zero-order chi connectivity index (χ0) is 12.3. The lowest BCUT2D eigenvalue weighted by Gasteiger charge is -2.14. The predicted molar refractivity (Wildman–Crippen MR) is 63.3 cm³/mol. The smallest absolute Gasteiger partial charge is 0.220 e. The van der Waals surface area contributed by atoms with Crippen LogP contribution in [-0.4, -0.2) is 29.3 Å². The second-order valence-corrected chi connectivity index (χ2v) is 4.39. The summed E-state index contributed by atoms with van der Waals surface area (Å²) in [6.45, 7) is 0.216. The number of hydrogen-bond donors (Lipinski definition) is 3. The maximum absolute atomic E-state index is 11.5. The highest BCUT2D eigenvalue weighted by Gasteiger charge is 2.31. The molecule has 1 amide bonds. The van der Waals surface area contributed by atoms with E-state index in [4.69, 9.17) is 5.11 Å². The van der Waals surface area contributed by atoms with Crippen molar-refractivity contribution in [2.45, 2.75) is 18.9 Å². The maximum atomic E-state index is 11.5.